The van der Waals surface area contributed by atoms with Crippen molar-refractivity contribution in [1.82, 2.24) is 9.88 Å². The van der Waals surface area contributed by atoms with Crippen LogP contribution in [0.5, 0.6) is 0 Å². The van der Waals surface area contributed by atoms with Gasteiger partial charge in [0.1, 0.15) is 17.0 Å². The van der Waals surface area contributed by atoms with Crippen molar-refractivity contribution in [2.24, 2.45) is 0 Å². The highest BCUT2D eigenvalue weighted by Crippen LogP contribution is 2.37. The molecule has 1 unspecified atom stereocenters. The Hall–Kier alpha value is -1.86. The molecule has 3 atom stereocenters. The van der Waals surface area contributed by atoms with Crippen LogP contribution in [-0.2, 0) is 21.5 Å². The van der Waals surface area contributed by atoms with E-state index < -0.39 is 11.2 Å². The Morgan fingerprint density at radius 2 is 2.00 bits per heavy atom. The number of amides is 1. The summed E-state index contributed by atoms with van der Waals surface area (Å²) in [5.74, 6) is 0.908. The van der Waals surface area contributed by atoms with Gasteiger partial charge in [-0.05, 0) is 52.7 Å². The minimum Gasteiger partial charge on any atom is -0.444 e. The first kappa shape index (κ1) is 19.9. The molecule has 2 aliphatic heterocycles. The summed E-state index contributed by atoms with van der Waals surface area (Å²) in [4.78, 5) is 21.3. The molecule has 1 fully saturated rings. The Kier molecular flexibility index (Phi) is 5.12. The Labute approximate surface area is 161 Å². The van der Waals surface area contributed by atoms with Crippen molar-refractivity contribution in [3.63, 3.8) is 0 Å². The van der Waals surface area contributed by atoms with Gasteiger partial charge in [-0.25, -0.2) is 9.78 Å². The van der Waals surface area contributed by atoms with Gasteiger partial charge in [0.05, 0.1) is 18.3 Å². The zero-order chi connectivity index (χ0) is 20.0. The normalized spacial score (nSPS) is 24.3. The predicted octanol–water partition coefficient (Wildman–Crippen LogP) is 2.31. The largest absolute Gasteiger partial charge is 0.444 e. The lowest BCUT2D eigenvalue weighted by Gasteiger charge is -2.43. The summed E-state index contributed by atoms with van der Waals surface area (Å²) in [5.41, 5.74) is 0.114. The molecule has 0 bridgehead atoms. The Morgan fingerprint density at radius 3 is 2.63 bits per heavy atom. The molecule has 7 nitrogen and oxygen atoms in total. The molecular formula is C20H31N3O4. The number of carbonyl (C=O) groups is 1. The van der Waals surface area contributed by atoms with Gasteiger partial charge in [0.15, 0.2) is 0 Å². The first-order valence-electron chi connectivity index (χ1n) is 9.50. The number of rotatable bonds is 3. The van der Waals surface area contributed by atoms with E-state index in [4.69, 9.17) is 14.5 Å². The summed E-state index contributed by atoms with van der Waals surface area (Å²) >= 11 is 0. The van der Waals surface area contributed by atoms with Crippen LogP contribution < -0.4 is 4.90 Å². The van der Waals surface area contributed by atoms with Crippen LogP contribution in [0.3, 0.4) is 0 Å². The van der Waals surface area contributed by atoms with Gasteiger partial charge in [0, 0.05) is 26.2 Å². The Bertz CT molecular complexity index is 714. The number of aromatic nitrogens is 1. The number of piperazine rings is 1. The third-order valence-corrected chi connectivity index (χ3v) is 5.07. The van der Waals surface area contributed by atoms with Crippen molar-refractivity contribution in [3.8, 4) is 0 Å². The van der Waals surface area contributed by atoms with Gasteiger partial charge in [0.2, 0.25) is 0 Å². The zero-order valence-corrected chi connectivity index (χ0v) is 17.2. The van der Waals surface area contributed by atoms with Crippen LogP contribution in [0.25, 0.3) is 0 Å². The molecule has 2 aliphatic rings. The van der Waals surface area contributed by atoms with Crippen molar-refractivity contribution >= 4 is 11.9 Å². The third kappa shape index (κ3) is 4.04. The quantitative estimate of drug-likeness (QED) is 0.871. The highest BCUT2D eigenvalue weighted by molar-refractivity contribution is 5.69. The second-order valence-electron chi connectivity index (χ2n) is 8.89. The number of methoxy groups -OCH3 is 1. The first-order chi connectivity index (χ1) is 12.5. The van der Waals surface area contributed by atoms with E-state index in [0.717, 1.165) is 17.8 Å². The smallest absolute Gasteiger partial charge is 0.410 e. The molecule has 1 aromatic rings. The van der Waals surface area contributed by atoms with Gasteiger partial charge in [-0.3, -0.25) is 0 Å². The molecule has 7 heteroatoms. The summed E-state index contributed by atoms with van der Waals surface area (Å²) < 4.78 is 10.7. The van der Waals surface area contributed by atoms with Crippen molar-refractivity contribution in [1.29, 1.82) is 0 Å². The topological polar surface area (TPSA) is 75.1 Å². The van der Waals surface area contributed by atoms with Gasteiger partial charge >= 0.3 is 6.09 Å². The van der Waals surface area contributed by atoms with Crippen LogP contribution >= 0.6 is 0 Å². The fourth-order valence-corrected chi connectivity index (χ4v) is 3.97. The van der Waals surface area contributed by atoms with E-state index in [1.165, 1.54) is 0 Å². The summed E-state index contributed by atoms with van der Waals surface area (Å²) in [7, 11) is 1.57. The molecule has 0 spiro atoms. The van der Waals surface area contributed by atoms with Crippen molar-refractivity contribution in [2.75, 3.05) is 31.7 Å². The number of carbonyl (C=O) groups excluding carboxylic acids is 1. The molecule has 0 aromatic carbocycles. The molecule has 3 heterocycles. The number of aliphatic hydroxyl groups is 1. The molecule has 1 N–H and O–H groups in total. The van der Waals surface area contributed by atoms with E-state index in [-0.39, 0.29) is 24.8 Å². The number of ether oxygens (including phenoxy) is 2. The molecule has 1 aromatic heterocycles. The lowest BCUT2D eigenvalue weighted by Crippen LogP contribution is -2.58. The fourth-order valence-electron chi connectivity index (χ4n) is 3.97. The molecule has 0 aliphatic carbocycles. The SMILES string of the molecule is COCC(C)(O)c1ccc2c(n1)N1[C@H](C2)CN(C(=O)OC(C)(C)C)C[C@H]1C. The molecular weight excluding hydrogens is 346 g/mol. The summed E-state index contributed by atoms with van der Waals surface area (Å²) in [6.45, 7) is 10.8. The van der Waals surface area contributed by atoms with E-state index in [0.29, 0.717) is 18.8 Å². The Balaban J connectivity index is 1.80. The summed E-state index contributed by atoms with van der Waals surface area (Å²) in [5, 5.41) is 10.6. The molecule has 1 saturated heterocycles. The van der Waals surface area contributed by atoms with Crippen LogP contribution in [0.15, 0.2) is 12.1 Å². The maximum absolute atomic E-state index is 12.5. The average molecular weight is 377 g/mol. The maximum atomic E-state index is 12.5. The lowest BCUT2D eigenvalue weighted by atomic mass is 10.0. The predicted molar refractivity (Wildman–Crippen MR) is 103 cm³/mol. The molecule has 1 amide bonds. The van der Waals surface area contributed by atoms with Crippen molar-refractivity contribution < 1.29 is 19.4 Å². The molecule has 0 saturated carbocycles. The van der Waals surface area contributed by atoms with E-state index in [9.17, 15) is 9.90 Å². The monoisotopic (exact) mass is 377 g/mol. The third-order valence-electron chi connectivity index (χ3n) is 5.07. The highest BCUT2D eigenvalue weighted by atomic mass is 16.6. The van der Waals surface area contributed by atoms with Gasteiger partial charge < -0.3 is 24.4 Å². The van der Waals surface area contributed by atoms with Gasteiger partial charge in [0.25, 0.3) is 0 Å². The summed E-state index contributed by atoms with van der Waals surface area (Å²) in [6, 6.07) is 4.19. The second-order valence-corrected chi connectivity index (χ2v) is 8.89. The minimum absolute atomic E-state index is 0.118. The standard InChI is InChI=1S/C20H31N3O4/c1-13-10-22(18(24)27-19(2,3)4)11-15-9-14-7-8-16(20(5,25)12-26-6)21-17(14)23(13)15/h7-8,13,15,25H,9-12H2,1-6H3/t13-,15-,20?/m1/s1. The summed E-state index contributed by atoms with van der Waals surface area (Å²) in [6.07, 6.45) is 0.570. The number of hydrogen-bond acceptors (Lipinski definition) is 6. The Morgan fingerprint density at radius 1 is 1.30 bits per heavy atom. The van der Waals surface area contributed by atoms with Crippen molar-refractivity contribution in [2.45, 2.75) is 64.3 Å². The first-order valence-corrected chi connectivity index (χ1v) is 9.50. The zero-order valence-electron chi connectivity index (χ0n) is 17.2. The highest BCUT2D eigenvalue weighted by Gasteiger charge is 2.42. The number of nitrogens with zero attached hydrogens (tertiary/aromatic N) is 3. The van der Waals surface area contributed by atoms with Crippen LogP contribution in [0.4, 0.5) is 10.6 Å². The fraction of sp³-hybridized carbons (Fsp3) is 0.700. The van der Waals surface area contributed by atoms with E-state index >= 15 is 0 Å². The van der Waals surface area contributed by atoms with Crippen LogP contribution in [-0.4, -0.2) is 65.6 Å². The number of hydrogen-bond donors (Lipinski definition) is 1. The van der Waals surface area contributed by atoms with Gasteiger partial charge in [-0.1, -0.05) is 6.07 Å². The lowest BCUT2D eigenvalue weighted by molar-refractivity contribution is -0.0239. The molecule has 27 heavy (non-hydrogen) atoms. The van der Waals surface area contributed by atoms with Crippen LogP contribution in [0.2, 0.25) is 0 Å². The van der Waals surface area contributed by atoms with E-state index in [2.05, 4.69) is 11.8 Å². The van der Waals surface area contributed by atoms with Crippen molar-refractivity contribution in [3.05, 3.63) is 23.4 Å². The minimum atomic E-state index is -1.14. The molecule has 150 valence electrons. The maximum Gasteiger partial charge on any atom is 0.410 e. The number of pyridine rings is 1. The van der Waals surface area contributed by atoms with E-state index in [1.54, 1.807) is 18.9 Å². The second kappa shape index (κ2) is 6.95. The van der Waals surface area contributed by atoms with Crippen LogP contribution in [0.1, 0.15) is 45.9 Å². The average Bonchev–Trinajstić information content (AvgIpc) is 2.91. The molecule has 0 radical (unpaired) electrons. The number of anilines is 1. The van der Waals surface area contributed by atoms with Gasteiger partial charge in [-0.2, -0.15) is 0 Å². The number of fused-ring (bicyclic) bond motifs is 3. The van der Waals surface area contributed by atoms with E-state index in [1.807, 2.05) is 32.9 Å². The molecule has 3 rings (SSSR count). The van der Waals surface area contributed by atoms with Gasteiger partial charge in [-0.15, -0.1) is 0 Å². The van der Waals surface area contributed by atoms with Crippen LogP contribution in [0, 0.1) is 0 Å².